The van der Waals surface area contributed by atoms with Crippen molar-refractivity contribution in [2.75, 3.05) is 0 Å². The first kappa shape index (κ1) is 13.4. The van der Waals surface area contributed by atoms with Crippen molar-refractivity contribution in [2.45, 2.75) is 13.5 Å². The summed E-state index contributed by atoms with van der Waals surface area (Å²) in [7, 11) is 0. The van der Waals surface area contributed by atoms with Crippen LogP contribution in [0.2, 0.25) is 0 Å². The Morgan fingerprint density at radius 2 is 1.84 bits per heavy atom. The van der Waals surface area contributed by atoms with Gasteiger partial charge in [0.2, 0.25) is 5.82 Å². The molecule has 0 heterocycles. The maximum Gasteiger partial charge on any atom is 0.201 e. The van der Waals surface area contributed by atoms with E-state index in [4.69, 9.17) is 10.5 Å². The van der Waals surface area contributed by atoms with Crippen molar-refractivity contribution >= 4 is 0 Å². The number of ether oxygens (including phenoxy) is 1. The van der Waals surface area contributed by atoms with Crippen LogP contribution in [0.3, 0.4) is 0 Å². The van der Waals surface area contributed by atoms with Crippen LogP contribution in [0, 0.1) is 24.4 Å². The fourth-order valence-corrected chi connectivity index (χ4v) is 1.75. The van der Waals surface area contributed by atoms with Crippen molar-refractivity contribution in [3.05, 3.63) is 58.9 Å². The zero-order valence-corrected chi connectivity index (χ0v) is 10.2. The minimum atomic E-state index is -1.11. The second kappa shape index (κ2) is 5.32. The molecule has 0 unspecified atom stereocenters. The third-order valence-corrected chi connectivity index (χ3v) is 2.74. The Balaban J connectivity index is 2.36. The van der Waals surface area contributed by atoms with Gasteiger partial charge in [0.15, 0.2) is 11.6 Å². The molecule has 100 valence electrons. The summed E-state index contributed by atoms with van der Waals surface area (Å²) < 4.78 is 45.3. The minimum Gasteiger partial charge on any atom is -0.454 e. The molecule has 0 radical (unpaired) electrons. The van der Waals surface area contributed by atoms with Gasteiger partial charge in [0, 0.05) is 18.2 Å². The molecule has 2 aromatic rings. The number of aryl methyl sites for hydroxylation is 1. The summed E-state index contributed by atoms with van der Waals surface area (Å²) in [4.78, 5) is 0. The molecule has 5 heteroatoms. The molecular formula is C14H12F3NO. The number of nitrogens with two attached hydrogens (primary N) is 1. The SMILES string of the molecule is Cc1cc(Oc2cccc(F)c2F)cc(F)c1CN. The lowest BCUT2D eigenvalue weighted by molar-refractivity contribution is 0.413. The summed E-state index contributed by atoms with van der Waals surface area (Å²) in [6.45, 7) is 1.73. The highest BCUT2D eigenvalue weighted by atomic mass is 19.2. The van der Waals surface area contributed by atoms with Crippen LogP contribution in [0.5, 0.6) is 11.5 Å². The summed E-state index contributed by atoms with van der Waals surface area (Å²) >= 11 is 0. The average molecular weight is 267 g/mol. The Labute approximate surface area is 108 Å². The van der Waals surface area contributed by atoms with E-state index in [1.54, 1.807) is 6.92 Å². The molecule has 2 aromatic carbocycles. The lowest BCUT2D eigenvalue weighted by atomic mass is 10.1. The van der Waals surface area contributed by atoms with Crippen molar-refractivity contribution in [1.82, 2.24) is 0 Å². The predicted molar refractivity (Wildman–Crippen MR) is 65.5 cm³/mol. The molecule has 2 N–H and O–H groups in total. The summed E-state index contributed by atoms with van der Waals surface area (Å²) in [6.07, 6.45) is 0. The molecule has 2 rings (SSSR count). The lowest BCUT2D eigenvalue weighted by Gasteiger charge is -2.11. The first-order valence-corrected chi connectivity index (χ1v) is 5.64. The summed E-state index contributed by atoms with van der Waals surface area (Å²) in [6, 6.07) is 6.18. The number of rotatable bonds is 3. The van der Waals surface area contributed by atoms with E-state index >= 15 is 0 Å². The summed E-state index contributed by atoms with van der Waals surface area (Å²) in [5, 5.41) is 0. The highest BCUT2D eigenvalue weighted by molar-refractivity contribution is 5.39. The van der Waals surface area contributed by atoms with Crippen molar-refractivity contribution in [3.63, 3.8) is 0 Å². The highest BCUT2D eigenvalue weighted by Crippen LogP contribution is 2.28. The molecule has 0 atom stereocenters. The predicted octanol–water partition coefficient (Wildman–Crippen LogP) is 3.66. The number of hydrogen-bond acceptors (Lipinski definition) is 2. The van der Waals surface area contributed by atoms with Gasteiger partial charge >= 0.3 is 0 Å². The Bertz CT molecular complexity index is 591. The molecule has 0 aliphatic heterocycles. The topological polar surface area (TPSA) is 35.2 Å². The average Bonchev–Trinajstić information content (AvgIpc) is 2.35. The van der Waals surface area contributed by atoms with E-state index in [1.807, 2.05) is 0 Å². The normalized spacial score (nSPS) is 10.6. The standard InChI is InChI=1S/C14H12F3NO/c1-8-5-9(6-12(16)10(8)7-18)19-13-4-2-3-11(15)14(13)17/h2-6H,7,18H2,1H3. The van der Waals surface area contributed by atoms with Gasteiger partial charge in [-0.25, -0.2) is 8.78 Å². The van der Waals surface area contributed by atoms with Gasteiger partial charge in [-0.1, -0.05) is 6.07 Å². The maximum absolute atomic E-state index is 13.7. The molecule has 0 saturated carbocycles. The van der Waals surface area contributed by atoms with E-state index in [1.165, 1.54) is 18.2 Å². The Kier molecular flexibility index (Phi) is 3.76. The van der Waals surface area contributed by atoms with Crippen molar-refractivity contribution in [3.8, 4) is 11.5 Å². The van der Waals surface area contributed by atoms with Gasteiger partial charge in [-0.05, 0) is 30.7 Å². The number of halogens is 3. The van der Waals surface area contributed by atoms with Crippen LogP contribution in [-0.4, -0.2) is 0 Å². The first-order chi connectivity index (χ1) is 9.02. The summed E-state index contributed by atoms with van der Waals surface area (Å²) in [5.74, 6) is -2.86. The Morgan fingerprint density at radius 1 is 1.11 bits per heavy atom. The second-order valence-electron chi connectivity index (χ2n) is 4.06. The van der Waals surface area contributed by atoms with E-state index in [9.17, 15) is 13.2 Å². The van der Waals surface area contributed by atoms with Crippen LogP contribution in [0.1, 0.15) is 11.1 Å². The van der Waals surface area contributed by atoms with Crippen LogP contribution in [0.15, 0.2) is 30.3 Å². The summed E-state index contributed by atoms with van der Waals surface area (Å²) in [5.41, 5.74) is 6.37. The Morgan fingerprint density at radius 3 is 2.47 bits per heavy atom. The minimum absolute atomic E-state index is 0.0618. The quantitative estimate of drug-likeness (QED) is 0.921. The van der Waals surface area contributed by atoms with Gasteiger partial charge < -0.3 is 10.5 Å². The fourth-order valence-electron chi connectivity index (χ4n) is 1.75. The number of benzene rings is 2. The van der Waals surface area contributed by atoms with Gasteiger partial charge in [0.25, 0.3) is 0 Å². The van der Waals surface area contributed by atoms with Gasteiger partial charge in [-0.2, -0.15) is 4.39 Å². The molecule has 0 amide bonds. The lowest BCUT2D eigenvalue weighted by Crippen LogP contribution is -2.03. The second-order valence-corrected chi connectivity index (χ2v) is 4.06. The van der Waals surface area contributed by atoms with Gasteiger partial charge in [0.05, 0.1) is 0 Å². The molecule has 0 spiro atoms. The van der Waals surface area contributed by atoms with Crippen LogP contribution < -0.4 is 10.5 Å². The number of hydrogen-bond donors (Lipinski definition) is 1. The molecule has 0 saturated heterocycles. The molecule has 0 aliphatic rings. The zero-order chi connectivity index (χ0) is 14.0. The molecule has 0 aromatic heterocycles. The third-order valence-electron chi connectivity index (χ3n) is 2.74. The van der Waals surface area contributed by atoms with Crippen LogP contribution in [0.25, 0.3) is 0 Å². The molecule has 19 heavy (non-hydrogen) atoms. The molecule has 0 aliphatic carbocycles. The molecule has 2 nitrogen and oxygen atoms in total. The maximum atomic E-state index is 13.7. The first-order valence-electron chi connectivity index (χ1n) is 5.64. The Hall–Kier alpha value is -2.01. The van der Waals surface area contributed by atoms with Crippen molar-refractivity contribution < 1.29 is 17.9 Å². The van der Waals surface area contributed by atoms with Gasteiger partial charge in [0.1, 0.15) is 11.6 Å². The van der Waals surface area contributed by atoms with E-state index < -0.39 is 17.5 Å². The van der Waals surface area contributed by atoms with Crippen molar-refractivity contribution in [1.29, 1.82) is 0 Å². The van der Waals surface area contributed by atoms with Crippen LogP contribution in [-0.2, 0) is 6.54 Å². The smallest absolute Gasteiger partial charge is 0.201 e. The molecular weight excluding hydrogens is 255 g/mol. The molecule has 0 bridgehead atoms. The van der Waals surface area contributed by atoms with E-state index in [2.05, 4.69) is 0 Å². The zero-order valence-electron chi connectivity index (χ0n) is 10.2. The van der Waals surface area contributed by atoms with Gasteiger partial charge in [-0.15, -0.1) is 0 Å². The fraction of sp³-hybridized carbons (Fsp3) is 0.143. The van der Waals surface area contributed by atoms with Crippen LogP contribution in [0.4, 0.5) is 13.2 Å². The van der Waals surface area contributed by atoms with E-state index in [0.717, 1.165) is 12.1 Å². The van der Waals surface area contributed by atoms with Crippen LogP contribution >= 0.6 is 0 Å². The van der Waals surface area contributed by atoms with Gasteiger partial charge in [-0.3, -0.25) is 0 Å². The van der Waals surface area contributed by atoms with E-state index in [0.29, 0.717) is 11.1 Å². The van der Waals surface area contributed by atoms with Crippen molar-refractivity contribution in [2.24, 2.45) is 5.73 Å². The highest BCUT2D eigenvalue weighted by Gasteiger charge is 2.12. The monoisotopic (exact) mass is 267 g/mol. The molecule has 0 fully saturated rings. The third kappa shape index (κ3) is 2.71. The largest absolute Gasteiger partial charge is 0.454 e. The van der Waals surface area contributed by atoms with E-state index in [-0.39, 0.29) is 18.0 Å².